The van der Waals surface area contributed by atoms with Gasteiger partial charge in [-0.15, -0.1) is 0 Å². The first-order valence-corrected chi connectivity index (χ1v) is 7.43. The molecule has 2 saturated heterocycles. The third-order valence-corrected chi connectivity index (χ3v) is 3.75. The zero-order chi connectivity index (χ0) is 17.9. The molecule has 2 aliphatic rings. The number of nitrogens with one attached hydrogen (secondary N) is 1. The molecule has 24 heavy (non-hydrogen) atoms. The number of ether oxygens (including phenoxy) is 2. The molecule has 0 spiro atoms. The highest BCUT2D eigenvalue weighted by Crippen LogP contribution is 2.25. The van der Waals surface area contributed by atoms with Crippen LogP contribution in [-0.4, -0.2) is 87.2 Å². The van der Waals surface area contributed by atoms with E-state index in [1.165, 1.54) is 0 Å². The summed E-state index contributed by atoms with van der Waals surface area (Å²) < 4.78 is 10.2. The Balaban J connectivity index is 1.87. The number of hydrogen-bond acceptors (Lipinski definition) is 9. The molecule has 3 amide bonds. The summed E-state index contributed by atoms with van der Waals surface area (Å²) in [6, 6.07) is -0.739. The lowest BCUT2D eigenvalue weighted by Crippen LogP contribution is -2.56. The molecule has 0 aromatic heterocycles. The molecular weight excluding hydrogens is 328 g/mol. The minimum absolute atomic E-state index is 0.0278. The maximum Gasteiger partial charge on any atom is 0.326 e. The standard InChI is InChI=1S/C13H20N2O9/c16-7-3-4-15(13(22)14-7)12-11(21)10(20)6(24-12)5-23-9(19)2-1-8(17)18/h6,8,10-12,17-18,20-21H,1-5H2,(H,14,16,22)/t6-,10-,11-,12-/m1/s1. The van der Waals surface area contributed by atoms with E-state index in [2.05, 4.69) is 5.32 Å². The first-order valence-electron chi connectivity index (χ1n) is 7.43. The van der Waals surface area contributed by atoms with Gasteiger partial charge < -0.3 is 29.9 Å². The van der Waals surface area contributed by atoms with Crippen molar-refractivity contribution >= 4 is 17.9 Å². The van der Waals surface area contributed by atoms with Crippen molar-refractivity contribution in [3.63, 3.8) is 0 Å². The molecule has 0 aromatic rings. The van der Waals surface area contributed by atoms with Gasteiger partial charge in [-0.25, -0.2) is 4.79 Å². The van der Waals surface area contributed by atoms with Crippen molar-refractivity contribution < 1.29 is 44.3 Å². The predicted octanol–water partition coefficient (Wildman–Crippen LogP) is -2.99. The average molecular weight is 348 g/mol. The fourth-order valence-corrected chi connectivity index (χ4v) is 2.44. The highest BCUT2D eigenvalue weighted by atomic mass is 16.6. The van der Waals surface area contributed by atoms with Crippen LogP contribution >= 0.6 is 0 Å². The summed E-state index contributed by atoms with van der Waals surface area (Å²) >= 11 is 0. The zero-order valence-corrected chi connectivity index (χ0v) is 12.7. The van der Waals surface area contributed by atoms with E-state index in [1.807, 2.05) is 0 Å². The second-order valence-corrected chi connectivity index (χ2v) is 5.55. The van der Waals surface area contributed by atoms with Gasteiger partial charge in [0, 0.05) is 19.4 Å². The second-order valence-electron chi connectivity index (χ2n) is 5.55. The molecule has 0 saturated carbocycles. The normalized spacial score (nSPS) is 30.6. The van der Waals surface area contributed by atoms with Crippen LogP contribution < -0.4 is 5.32 Å². The summed E-state index contributed by atoms with van der Waals surface area (Å²) in [5.41, 5.74) is 0. The van der Waals surface area contributed by atoms with Gasteiger partial charge >= 0.3 is 12.0 Å². The Morgan fingerprint density at radius 2 is 2.04 bits per heavy atom. The van der Waals surface area contributed by atoms with E-state index in [0.717, 1.165) is 4.90 Å². The fourth-order valence-electron chi connectivity index (χ4n) is 2.44. The fraction of sp³-hybridized carbons (Fsp3) is 0.769. The summed E-state index contributed by atoms with van der Waals surface area (Å²) in [4.78, 5) is 35.4. The van der Waals surface area contributed by atoms with Crippen molar-refractivity contribution in [3.05, 3.63) is 0 Å². The van der Waals surface area contributed by atoms with E-state index in [1.54, 1.807) is 0 Å². The zero-order valence-electron chi connectivity index (χ0n) is 12.7. The number of carbonyl (C=O) groups excluding carboxylic acids is 3. The Kier molecular flexibility index (Phi) is 6.07. The lowest BCUT2D eigenvalue weighted by molar-refractivity contribution is -0.153. The van der Waals surface area contributed by atoms with Crippen LogP contribution in [0.1, 0.15) is 19.3 Å². The van der Waals surface area contributed by atoms with Gasteiger partial charge in [0.1, 0.15) is 24.9 Å². The Morgan fingerprint density at radius 3 is 2.67 bits per heavy atom. The van der Waals surface area contributed by atoms with Crippen LogP contribution in [0.4, 0.5) is 4.79 Å². The summed E-state index contributed by atoms with van der Waals surface area (Å²) in [5.74, 6) is -1.17. The largest absolute Gasteiger partial charge is 0.463 e. The maximum atomic E-state index is 11.8. The number of hydrogen-bond donors (Lipinski definition) is 5. The van der Waals surface area contributed by atoms with Crippen molar-refractivity contribution in [2.75, 3.05) is 13.2 Å². The van der Waals surface area contributed by atoms with Crippen LogP contribution in [-0.2, 0) is 19.1 Å². The molecule has 136 valence electrons. The van der Waals surface area contributed by atoms with Crippen LogP contribution in [0.2, 0.25) is 0 Å². The molecule has 5 N–H and O–H groups in total. The number of rotatable bonds is 6. The van der Waals surface area contributed by atoms with E-state index in [0.29, 0.717) is 0 Å². The van der Waals surface area contributed by atoms with E-state index < -0.39 is 48.7 Å². The van der Waals surface area contributed by atoms with Gasteiger partial charge in [0.2, 0.25) is 5.91 Å². The van der Waals surface area contributed by atoms with Crippen LogP contribution in [0.25, 0.3) is 0 Å². The van der Waals surface area contributed by atoms with Gasteiger partial charge in [-0.3, -0.25) is 19.8 Å². The molecule has 4 atom stereocenters. The quantitative estimate of drug-likeness (QED) is 0.248. The molecule has 0 unspecified atom stereocenters. The van der Waals surface area contributed by atoms with E-state index >= 15 is 0 Å². The minimum Gasteiger partial charge on any atom is -0.463 e. The van der Waals surface area contributed by atoms with Gasteiger partial charge in [0.25, 0.3) is 0 Å². The number of aliphatic hydroxyl groups excluding tert-OH is 3. The molecule has 0 aromatic carbocycles. The number of carbonyl (C=O) groups is 3. The highest BCUT2D eigenvalue weighted by molar-refractivity contribution is 5.96. The summed E-state index contributed by atoms with van der Waals surface area (Å²) in [7, 11) is 0. The molecule has 0 aliphatic carbocycles. The number of urea groups is 1. The molecule has 2 fully saturated rings. The molecule has 11 heteroatoms. The number of aliphatic hydroxyl groups is 4. The van der Waals surface area contributed by atoms with Gasteiger partial charge in [0.05, 0.1) is 6.42 Å². The van der Waals surface area contributed by atoms with Gasteiger partial charge in [-0.2, -0.15) is 0 Å². The molecule has 2 heterocycles. The van der Waals surface area contributed by atoms with Crippen LogP contribution in [0, 0.1) is 0 Å². The Bertz CT molecular complexity index is 498. The monoisotopic (exact) mass is 348 g/mol. The first-order chi connectivity index (χ1) is 11.3. The van der Waals surface area contributed by atoms with Crippen molar-refractivity contribution in [1.82, 2.24) is 10.2 Å². The smallest absolute Gasteiger partial charge is 0.326 e. The third-order valence-electron chi connectivity index (χ3n) is 3.75. The number of esters is 1. The Labute approximate surface area is 136 Å². The minimum atomic E-state index is -1.63. The van der Waals surface area contributed by atoms with Crippen molar-refractivity contribution in [2.24, 2.45) is 0 Å². The summed E-state index contributed by atoms with van der Waals surface area (Å²) in [6.45, 7) is -0.344. The molecule has 2 aliphatic heterocycles. The summed E-state index contributed by atoms with van der Waals surface area (Å²) in [5, 5.41) is 39.4. The van der Waals surface area contributed by atoms with Crippen molar-refractivity contribution in [1.29, 1.82) is 0 Å². The Morgan fingerprint density at radius 1 is 1.33 bits per heavy atom. The van der Waals surface area contributed by atoms with Gasteiger partial charge in [0.15, 0.2) is 12.5 Å². The van der Waals surface area contributed by atoms with E-state index in [9.17, 15) is 24.6 Å². The highest BCUT2D eigenvalue weighted by Gasteiger charge is 2.48. The molecule has 0 radical (unpaired) electrons. The lowest BCUT2D eigenvalue weighted by atomic mass is 10.1. The lowest BCUT2D eigenvalue weighted by Gasteiger charge is -2.32. The first kappa shape index (κ1) is 18.5. The molecular formula is C13H20N2O9. The molecule has 0 bridgehead atoms. The second kappa shape index (κ2) is 7.85. The number of nitrogens with zero attached hydrogens (tertiary/aromatic N) is 1. The van der Waals surface area contributed by atoms with Crippen LogP contribution in [0.3, 0.4) is 0 Å². The third kappa shape index (κ3) is 4.39. The predicted molar refractivity (Wildman–Crippen MR) is 74.0 cm³/mol. The number of amides is 3. The topological polar surface area (TPSA) is 166 Å². The van der Waals surface area contributed by atoms with E-state index in [-0.39, 0.29) is 32.4 Å². The summed E-state index contributed by atoms with van der Waals surface area (Å²) in [6.07, 6.45) is -7.06. The Hall–Kier alpha value is -1.79. The maximum absolute atomic E-state index is 11.8. The van der Waals surface area contributed by atoms with Crippen LogP contribution in [0.5, 0.6) is 0 Å². The van der Waals surface area contributed by atoms with Gasteiger partial charge in [-0.1, -0.05) is 0 Å². The van der Waals surface area contributed by atoms with Crippen LogP contribution in [0.15, 0.2) is 0 Å². The van der Waals surface area contributed by atoms with Crippen molar-refractivity contribution in [2.45, 2.75) is 50.1 Å². The van der Waals surface area contributed by atoms with E-state index in [4.69, 9.17) is 19.7 Å². The van der Waals surface area contributed by atoms with Gasteiger partial charge in [-0.05, 0) is 0 Å². The number of imide groups is 1. The molecule has 11 nitrogen and oxygen atoms in total. The van der Waals surface area contributed by atoms with Crippen molar-refractivity contribution in [3.8, 4) is 0 Å². The molecule has 2 rings (SSSR count). The average Bonchev–Trinajstić information content (AvgIpc) is 2.79. The SMILES string of the molecule is O=C1CCN([C@@H]2O[C@H](COC(=O)CCC(O)O)[C@@H](O)[C@H]2O)C(=O)N1.